The minimum atomic E-state index is -1.16. The van der Waals surface area contributed by atoms with Gasteiger partial charge in [-0.05, 0) is 27.7 Å². The third-order valence-corrected chi connectivity index (χ3v) is 2.80. The number of hydrogen-bond donors (Lipinski definition) is 1. The minimum absolute atomic E-state index is 0.00903. The lowest BCUT2D eigenvalue weighted by Crippen LogP contribution is -2.43. The van der Waals surface area contributed by atoms with Crippen molar-refractivity contribution < 1.29 is 29.0 Å². The van der Waals surface area contributed by atoms with Crippen LogP contribution in [0.5, 0.6) is 0 Å². The molecule has 0 radical (unpaired) electrons. The zero-order chi connectivity index (χ0) is 16.4. The van der Waals surface area contributed by atoms with Crippen LogP contribution in [0.25, 0.3) is 0 Å². The molecule has 0 aliphatic carbocycles. The third-order valence-electron chi connectivity index (χ3n) is 2.80. The van der Waals surface area contributed by atoms with Gasteiger partial charge < -0.3 is 14.6 Å². The monoisotopic (exact) mass is 299 g/mol. The first kappa shape index (κ1) is 17.0. The number of amides is 1. The first-order chi connectivity index (χ1) is 9.51. The Morgan fingerprint density at radius 3 is 2.29 bits per heavy atom. The van der Waals surface area contributed by atoms with Crippen LogP contribution in [0.3, 0.4) is 0 Å². The van der Waals surface area contributed by atoms with Crippen LogP contribution in [0.2, 0.25) is 0 Å². The summed E-state index contributed by atoms with van der Waals surface area (Å²) in [5.41, 5.74) is -0.510. The van der Waals surface area contributed by atoms with Crippen molar-refractivity contribution in [3.05, 3.63) is 12.2 Å². The predicted molar refractivity (Wildman–Crippen MR) is 73.7 cm³/mol. The number of esters is 1. The highest BCUT2D eigenvalue weighted by Gasteiger charge is 2.43. The Morgan fingerprint density at radius 2 is 1.86 bits per heavy atom. The van der Waals surface area contributed by atoms with Crippen molar-refractivity contribution in [2.45, 2.75) is 51.9 Å². The highest BCUT2D eigenvalue weighted by atomic mass is 16.6. The van der Waals surface area contributed by atoms with Gasteiger partial charge in [0.1, 0.15) is 17.7 Å². The lowest BCUT2D eigenvalue weighted by atomic mass is 10.2. The number of carboxylic acid groups (broad SMARTS) is 1. The summed E-state index contributed by atoms with van der Waals surface area (Å²) in [5, 5.41) is 9.18. The van der Waals surface area contributed by atoms with Crippen molar-refractivity contribution in [2.24, 2.45) is 0 Å². The number of aliphatic carboxylic acids is 1. The van der Waals surface area contributed by atoms with E-state index in [1.807, 2.05) is 0 Å². The first-order valence-corrected chi connectivity index (χ1v) is 6.60. The molecule has 1 aliphatic rings. The average Bonchev–Trinajstić information content (AvgIpc) is 2.70. The molecule has 7 heteroatoms. The number of carbonyl (C=O) groups is 3. The number of carbonyl (C=O) groups excluding carboxylic acids is 2. The van der Waals surface area contributed by atoms with E-state index >= 15 is 0 Å². The second-order valence-corrected chi connectivity index (χ2v) is 6.03. The molecule has 0 aromatic rings. The molecule has 0 saturated carbocycles. The molecule has 0 aromatic heterocycles. The van der Waals surface area contributed by atoms with Crippen molar-refractivity contribution in [3.63, 3.8) is 0 Å². The Labute approximate surface area is 123 Å². The lowest BCUT2D eigenvalue weighted by Gasteiger charge is -2.26. The number of ether oxygens (including phenoxy) is 2. The standard InChI is InChI=1S/C14H21NO6/c1-8(2)12(18)20-9-6-10(11(16)17)15(7-9)13(19)21-14(3,4)5/h9-10H,1,6-7H2,2-5H3,(H,16,17)/t9-,10+/m0/s1. The highest BCUT2D eigenvalue weighted by molar-refractivity contribution is 5.87. The molecular formula is C14H21NO6. The van der Waals surface area contributed by atoms with Gasteiger partial charge >= 0.3 is 18.0 Å². The van der Waals surface area contributed by atoms with Crippen molar-refractivity contribution in [2.75, 3.05) is 6.54 Å². The summed E-state index contributed by atoms with van der Waals surface area (Å²) in [5.74, 6) is -1.76. The molecule has 1 saturated heterocycles. The molecule has 0 unspecified atom stereocenters. The zero-order valence-electron chi connectivity index (χ0n) is 12.7. The zero-order valence-corrected chi connectivity index (χ0v) is 12.7. The van der Waals surface area contributed by atoms with Crippen LogP contribution < -0.4 is 0 Å². The number of rotatable bonds is 3. The Hall–Kier alpha value is -2.05. The van der Waals surface area contributed by atoms with Gasteiger partial charge in [0.05, 0.1) is 6.54 Å². The van der Waals surface area contributed by atoms with Crippen LogP contribution in [0, 0.1) is 0 Å². The molecular weight excluding hydrogens is 278 g/mol. The largest absolute Gasteiger partial charge is 0.480 e. The van der Waals surface area contributed by atoms with E-state index in [1.165, 1.54) is 6.92 Å². The summed E-state index contributed by atoms with van der Waals surface area (Å²) in [6, 6.07) is -1.07. The minimum Gasteiger partial charge on any atom is -0.480 e. The maximum atomic E-state index is 12.0. The molecule has 1 amide bonds. The maximum Gasteiger partial charge on any atom is 0.411 e. The number of likely N-dealkylation sites (tertiary alicyclic amines) is 1. The molecule has 1 heterocycles. The van der Waals surface area contributed by atoms with Crippen LogP contribution in [0.4, 0.5) is 4.79 Å². The molecule has 7 nitrogen and oxygen atoms in total. The molecule has 1 fully saturated rings. The smallest absolute Gasteiger partial charge is 0.411 e. The fraction of sp³-hybridized carbons (Fsp3) is 0.643. The third kappa shape index (κ3) is 4.77. The summed E-state index contributed by atoms with van der Waals surface area (Å²) in [6.45, 7) is 10.0. The van der Waals surface area contributed by atoms with Gasteiger partial charge in [0.15, 0.2) is 0 Å². The van der Waals surface area contributed by atoms with E-state index in [0.717, 1.165) is 4.90 Å². The second kappa shape index (κ2) is 6.15. The normalized spacial score (nSPS) is 21.8. The topological polar surface area (TPSA) is 93.1 Å². The van der Waals surface area contributed by atoms with E-state index in [9.17, 15) is 19.5 Å². The van der Waals surface area contributed by atoms with Gasteiger partial charge in [0.25, 0.3) is 0 Å². The van der Waals surface area contributed by atoms with E-state index in [0.29, 0.717) is 0 Å². The van der Waals surface area contributed by atoms with Crippen LogP contribution in [0.1, 0.15) is 34.1 Å². The molecule has 0 bridgehead atoms. The molecule has 1 aliphatic heterocycles. The van der Waals surface area contributed by atoms with Gasteiger partial charge in [0, 0.05) is 12.0 Å². The average molecular weight is 299 g/mol. The summed E-state index contributed by atoms with van der Waals surface area (Å²) in [7, 11) is 0. The molecule has 1 rings (SSSR count). The van der Waals surface area contributed by atoms with Gasteiger partial charge in [-0.15, -0.1) is 0 Å². The summed E-state index contributed by atoms with van der Waals surface area (Å²) in [4.78, 5) is 35.8. The van der Waals surface area contributed by atoms with Gasteiger partial charge in [-0.25, -0.2) is 14.4 Å². The van der Waals surface area contributed by atoms with Crippen LogP contribution in [-0.2, 0) is 19.1 Å². The predicted octanol–water partition coefficient (Wildman–Crippen LogP) is 1.57. The van der Waals surface area contributed by atoms with Crippen LogP contribution in [-0.4, -0.2) is 52.3 Å². The van der Waals surface area contributed by atoms with Gasteiger partial charge in [-0.1, -0.05) is 6.58 Å². The number of nitrogens with zero attached hydrogens (tertiary/aromatic N) is 1. The summed E-state index contributed by atoms with van der Waals surface area (Å²) < 4.78 is 10.3. The van der Waals surface area contributed by atoms with Crippen LogP contribution in [0.15, 0.2) is 12.2 Å². The maximum absolute atomic E-state index is 12.0. The second-order valence-electron chi connectivity index (χ2n) is 6.03. The Morgan fingerprint density at radius 1 is 1.29 bits per heavy atom. The SMILES string of the molecule is C=C(C)C(=O)O[C@H]1C[C@H](C(=O)O)N(C(=O)OC(C)(C)C)C1. The van der Waals surface area contributed by atoms with Crippen molar-refractivity contribution in [1.82, 2.24) is 4.90 Å². The van der Waals surface area contributed by atoms with Crippen LogP contribution >= 0.6 is 0 Å². The Bertz CT molecular complexity index is 465. The Balaban J connectivity index is 2.78. The van der Waals surface area contributed by atoms with Crippen molar-refractivity contribution in [3.8, 4) is 0 Å². The fourth-order valence-electron chi connectivity index (χ4n) is 1.89. The molecule has 2 atom stereocenters. The quantitative estimate of drug-likeness (QED) is 0.628. The first-order valence-electron chi connectivity index (χ1n) is 6.60. The van der Waals surface area contributed by atoms with E-state index in [1.54, 1.807) is 20.8 Å². The van der Waals surface area contributed by atoms with E-state index in [-0.39, 0.29) is 18.5 Å². The van der Waals surface area contributed by atoms with E-state index < -0.39 is 35.8 Å². The summed E-state index contributed by atoms with van der Waals surface area (Å²) in [6.07, 6.45) is -1.38. The molecule has 118 valence electrons. The van der Waals surface area contributed by atoms with Gasteiger partial charge in [-0.2, -0.15) is 0 Å². The molecule has 0 aromatic carbocycles. The highest BCUT2D eigenvalue weighted by Crippen LogP contribution is 2.24. The summed E-state index contributed by atoms with van der Waals surface area (Å²) >= 11 is 0. The van der Waals surface area contributed by atoms with Gasteiger partial charge in [0.2, 0.25) is 0 Å². The van der Waals surface area contributed by atoms with Crippen molar-refractivity contribution in [1.29, 1.82) is 0 Å². The Kier molecular flexibility index (Phi) is 4.98. The van der Waals surface area contributed by atoms with E-state index in [2.05, 4.69) is 6.58 Å². The fourth-order valence-corrected chi connectivity index (χ4v) is 1.89. The number of carboxylic acids is 1. The molecule has 0 spiro atoms. The van der Waals surface area contributed by atoms with Gasteiger partial charge in [-0.3, -0.25) is 4.90 Å². The number of hydrogen-bond acceptors (Lipinski definition) is 5. The molecule has 1 N–H and O–H groups in total. The van der Waals surface area contributed by atoms with Crippen molar-refractivity contribution >= 4 is 18.0 Å². The van der Waals surface area contributed by atoms with E-state index in [4.69, 9.17) is 9.47 Å². The lowest BCUT2D eigenvalue weighted by molar-refractivity contribution is -0.145. The molecule has 21 heavy (non-hydrogen) atoms.